The number of carbonyl (C=O) groups is 1. The van der Waals surface area contributed by atoms with Gasteiger partial charge in [0.25, 0.3) is 5.92 Å². The Morgan fingerprint density at radius 2 is 1.93 bits per heavy atom. The van der Waals surface area contributed by atoms with E-state index in [0.29, 0.717) is 28.5 Å². The molecule has 2 N–H and O–H groups in total. The Hall–Kier alpha value is -2.77. The largest absolute Gasteiger partial charge is 0.478 e. The van der Waals surface area contributed by atoms with Gasteiger partial charge in [-0.05, 0) is 30.3 Å². The molecule has 0 unspecified atom stereocenters. The predicted molar refractivity (Wildman–Crippen MR) is 113 cm³/mol. The smallest absolute Gasteiger partial charge is 0.337 e. The van der Waals surface area contributed by atoms with Crippen molar-refractivity contribution in [1.82, 2.24) is 9.88 Å². The highest BCUT2D eigenvalue weighted by Gasteiger charge is 2.34. The summed E-state index contributed by atoms with van der Waals surface area (Å²) in [6.45, 7) is 0.987. The van der Waals surface area contributed by atoms with E-state index in [1.165, 1.54) is 6.07 Å². The maximum Gasteiger partial charge on any atom is 0.337 e. The molecule has 2 heterocycles. The maximum atomic E-state index is 13.5. The summed E-state index contributed by atoms with van der Waals surface area (Å²) in [6, 6.07) is 11.9. The molecule has 3 aromatic rings. The summed E-state index contributed by atoms with van der Waals surface area (Å²) < 4.78 is 27.1. The first-order valence-corrected chi connectivity index (χ1v) is 9.97. The third kappa shape index (κ3) is 4.37. The molecule has 0 radical (unpaired) electrons. The minimum Gasteiger partial charge on any atom is -0.478 e. The van der Waals surface area contributed by atoms with Crippen molar-refractivity contribution in [1.29, 1.82) is 0 Å². The van der Waals surface area contributed by atoms with Crippen molar-refractivity contribution in [3.8, 4) is 0 Å². The fourth-order valence-corrected chi connectivity index (χ4v) is 3.84. The number of aromatic nitrogens is 1. The second kappa shape index (κ2) is 8.16. The van der Waals surface area contributed by atoms with Gasteiger partial charge >= 0.3 is 5.97 Å². The Morgan fingerprint density at radius 1 is 1.20 bits per heavy atom. The first-order valence-electron chi connectivity index (χ1n) is 9.59. The van der Waals surface area contributed by atoms with Gasteiger partial charge in [0.15, 0.2) is 0 Å². The zero-order chi connectivity index (χ0) is 21.3. The number of nitrogens with one attached hydrogen (secondary N) is 1. The third-order valence-electron chi connectivity index (χ3n) is 5.31. The van der Waals surface area contributed by atoms with Gasteiger partial charge in [-0.2, -0.15) is 0 Å². The SMILES string of the molecule is O=C(O)c1ccccc1Nc1c(CN2CCC(F)(F)CC2)cnc2ccc(Cl)cc12. The van der Waals surface area contributed by atoms with Crippen LogP contribution in [0.15, 0.2) is 48.7 Å². The molecule has 0 saturated carbocycles. The lowest BCUT2D eigenvalue weighted by atomic mass is 10.0. The number of benzene rings is 2. The van der Waals surface area contributed by atoms with E-state index >= 15 is 0 Å². The normalized spacial score (nSPS) is 16.5. The summed E-state index contributed by atoms with van der Waals surface area (Å²) in [4.78, 5) is 18.1. The molecule has 8 heteroatoms. The second-order valence-electron chi connectivity index (χ2n) is 7.43. The van der Waals surface area contributed by atoms with Gasteiger partial charge in [-0.25, -0.2) is 13.6 Å². The fourth-order valence-electron chi connectivity index (χ4n) is 3.67. The van der Waals surface area contributed by atoms with Crippen LogP contribution >= 0.6 is 11.6 Å². The van der Waals surface area contributed by atoms with E-state index < -0.39 is 11.9 Å². The van der Waals surface area contributed by atoms with Crippen molar-refractivity contribution in [2.75, 3.05) is 18.4 Å². The third-order valence-corrected chi connectivity index (χ3v) is 5.54. The molecule has 0 spiro atoms. The molecule has 1 aliphatic heterocycles. The van der Waals surface area contributed by atoms with E-state index in [-0.39, 0.29) is 31.5 Å². The molecule has 2 aromatic carbocycles. The molecular weight excluding hydrogens is 412 g/mol. The number of fused-ring (bicyclic) bond motifs is 1. The van der Waals surface area contributed by atoms with Gasteiger partial charge in [0.1, 0.15) is 0 Å². The minimum absolute atomic E-state index is 0.132. The van der Waals surface area contributed by atoms with Crippen LogP contribution in [-0.2, 0) is 6.54 Å². The van der Waals surface area contributed by atoms with Crippen LogP contribution in [-0.4, -0.2) is 40.0 Å². The van der Waals surface area contributed by atoms with E-state index in [4.69, 9.17) is 11.6 Å². The lowest BCUT2D eigenvalue weighted by Crippen LogP contribution is -2.38. The number of likely N-dealkylation sites (tertiary alicyclic amines) is 1. The molecule has 1 fully saturated rings. The summed E-state index contributed by atoms with van der Waals surface area (Å²) in [5.41, 5.74) is 2.73. The molecule has 0 bridgehead atoms. The Kier molecular flexibility index (Phi) is 5.58. The number of carboxylic acid groups (broad SMARTS) is 1. The quantitative estimate of drug-likeness (QED) is 0.553. The van der Waals surface area contributed by atoms with Crippen LogP contribution in [0.4, 0.5) is 20.2 Å². The van der Waals surface area contributed by atoms with Gasteiger partial charge in [-0.1, -0.05) is 23.7 Å². The molecule has 1 saturated heterocycles. The van der Waals surface area contributed by atoms with Crippen LogP contribution < -0.4 is 5.32 Å². The molecule has 5 nitrogen and oxygen atoms in total. The van der Waals surface area contributed by atoms with Crippen molar-refractivity contribution < 1.29 is 18.7 Å². The first-order chi connectivity index (χ1) is 14.3. The van der Waals surface area contributed by atoms with Crippen molar-refractivity contribution in [2.24, 2.45) is 0 Å². The Bertz CT molecular complexity index is 1100. The highest BCUT2D eigenvalue weighted by molar-refractivity contribution is 6.31. The van der Waals surface area contributed by atoms with Gasteiger partial charge in [0.05, 0.1) is 22.5 Å². The number of carboxylic acids is 1. The lowest BCUT2D eigenvalue weighted by molar-refractivity contribution is -0.0566. The summed E-state index contributed by atoms with van der Waals surface area (Å²) in [5, 5.41) is 14.0. The van der Waals surface area contributed by atoms with E-state index in [1.807, 2.05) is 4.90 Å². The maximum absolute atomic E-state index is 13.5. The van der Waals surface area contributed by atoms with Crippen LogP contribution in [0.5, 0.6) is 0 Å². The highest BCUT2D eigenvalue weighted by atomic mass is 35.5. The number of para-hydroxylation sites is 1. The van der Waals surface area contributed by atoms with Gasteiger partial charge in [-0.3, -0.25) is 9.88 Å². The molecular formula is C22H20ClF2N3O2. The molecule has 0 amide bonds. The van der Waals surface area contributed by atoms with Crippen LogP contribution in [0.3, 0.4) is 0 Å². The number of pyridine rings is 1. The highest BCUT2D eigenvalue weighted by Crippen LogP contribution is 2.34. The summed E-state index contributed by atoms with van der Waals surface area (Å²) >= 11 is 6.21. The van der Waals surface area contributed by atoms with Gasteiger partial charge in [0, 0.05) is 54.6 Å². The zero-order valence-corrected chi connectivity index (χ0v) is 16.8. The molecule has 0 atom stereocenters. The fraction of sp³-hybridized carbons (Fsp3) is 0.273. The van der Waals surface area contributed by atoms with Crippen LogP contribution in [0, 0.1) is 0 Å². The number of hydrogen-bond acceptors (Lipinski definition) is 4. The summed E-state index contributed by atoms with van der Waals surface area (Å²) in [6.07, 6.45) is 1.35. The molecule has 156 valence electrons. The number of anilines is 2. The number of nitrogens with zero attached hydrogens (tertiary/aromatic N) is 2. The van der Waals surface area contributed by atoms with Gasteiger partial charge in [0.2, 0.25) is 0 Å². The average Bonchev–Trinajstić information content (AvgIpc) is 2.71. The Morgan fingerprint density at radius 3 is 2.67 bits per heavy atom. The van der Waals surface area contributed by atoms with E-state index in [1.54, 1.807) is 42.6 Å². The monoisotopic (exact) mass is 431 g/mol. The summed E-state index contributed by atoms with van der Waals surface area (Å²) in [7, 11) is 0. The molecule has 4 rings (SSSR count). The van der Waals surface area contributed by atoms with Crippen molar-refractivity contribution >= 4 is 39.8 Å². The van der Waals surface area contributed by atoms with Crippen molar-refractivity contribution in [3.63, 3.8) is 0 Å². The van der Waals surface area contributed by atoms with Gasteiger partial charge in [-0.15, -0.1) is 0 Å². The second-order valence-corrected chi connectivity index (χ2v) is 7.86. The van der Waals surface area contributed by atoms with E-state index in [9.17, 15) is 18.7 Å². The van der Waals surface area contributed by atoms with E-state index in [0.717, 1.165) is 10.9 Å². The number of aromatic carboxylic acids is 1. The Balaban J connectivity index is 1.75. The van der Waals surface area contributed by atoms with E-state index in [2.05, 4.69) is 10.3 Å². The number of rotatable bonds is 5. The first kappa shape index (κ1) is 20.5. The minimum atomic E-state index is -2.62. The summed E-state index contributed by atoms with van der Waals surface area (Å²) in [5.74, 6) is -3.66. The molecule has 1 aromatic heterocycles. The molecule has 1 aliphatic rings. The average molecular weight is 432 g/mol. The predicted octanol–water partition coefficient (Wildman–Crippen LogP) is 5.56. The molecule has 0 aliphatic carbocycles. The van der Waals surface area contributed by atoms with Crippen LogP contribution in [0.25, 0.3) is 10.9 Å². The number of hydrogen-bond donors (Lipinski definition) is 2. The Labute approximate surface area is 177 Å². The van der Waals surface area contributed by atoms with Crippen molar-refractivity contribution in [3.05, 3.63) is 64.8 Å². The zero-order valence-electron chi connectivity index (χ0n) is 16.0. The van der Waals surface area contributed by atoms with Crippen LogP contribution in [0.1, 0.15) is 28.8 Å². The lowest BCUT2D eigenvalue weighted by Gasteiger charge is -2.32. The number of piperidine rings is 1. The number of alkyl halides is 2. The number of halogens is 3. The molecule has 30 heavy (non-hydrogen) atoms. The van der Waals surface area contributed by atoms with Crippen LogP contribution in [0.2, 0.25) is 5.02 Å². The topological polar surface area (TPSA) is 65.5 Å². The van der Waals surface area contributed by atoms with Crippen molar-refractivity contribution in [2.45, 2.75) is 25.3 Å². The standard InChI is InChI=1S/C22H20ClF2N3O2/c23-15-5-6-18-17(11-15)20(27-19-4-2-1-3-16(19)21(29)30)14(12-26-18)13-28-9-7-22(24,25)8-10-28/h1-6,11-12H,7-10,13H2,(H,26,27)(H,29,30). The van der Waals surface area contributed by atoms with Gasteiger partial charge < -0.3 is 10.4 Å².